The maximum absolute atomic E-state index is 14.1. The van der Waals surface area contributed by atoms with Crippen molar-refractivity contribution in [3.05, 3.63) is 54.5 Å². The van der Waals surface area contributed by atoms with Crippen LogP contribution in [0.3, 0.4) is 0 Å². The van der Waals surface area contributed by atoms with Crippen molar-refractivity contribution in [3.8, 4) is 11.3 Å². The number of nitrogens with zero attached hydrogens (tertiary/aromatic N) is 7. The standard InChI is InChI=1S/C24H24FN9O/c25-17-2-1-3-18-23(17)30-21(29-18)13-26-19-10-22(32-6-8-35-9-7-32)31-34-20(12-27-24(19)34)15-11-28-33(14-15)16-4-5-16/h1-3,10-12,14,16,26H,4-9,13H2,(H,29,30). The Hall–Kier alpha value is -3.99. The minimum Gasteiger partial charge on any atom is -0.378 e. The van der Waals surface area contributed by atoms with Gasteiger partial charge in [-0.05, 0) is 25.0 Å². The molecule has 1 aliphatic heterocycles. The van der Waals surface area contributed by atoms with Gasteiger partial charge < -0.3 is 19.9 Å². The average Bonchev–Trinajstić information content (AvgIpc) is 3.28. The fourth-order valence-corrected chi connectivity index (χ4v) is 4.55. The number of aromatic amines is 1. The molecule has 5 aromatic rings. The second-order valence-corrected chi connectivity index (χ2v) is 9.01. The first-order chi connectivity index (χ1) is 17.2. The molecule has 0 spiro atoms. The highest BCUT2D eigenvalue weighted by atomic mass is 19.1. The lowest BCUT2D eigenvalue weighted by molar-refractivity contribution is 0.122. The molecule has 35 heavy (non-hydrogen) atoms. The molecule has 10 nitrogen and oxygen atoms in total. The molecule has 178 valence electrons. The van der Waals surface area contributed by atoms with Crippen LogP contribution in [0.2, 0.25) is 0 Å². The van der Waals surface area contributed by atoms with Gasteiger partial charge in [0.05, 0.1) is 55.1 Å². The lowest BCUT2D eigenvalue weighted by Gasteiger charge is -2.28. The first-order valence-electron chi connectivity index (χ1n) is 11.9. The minimum atomic E-state index is -0.337. The molecule has 0 atom stereocenters. The molecule has 0 radical (unpaired) electrons. The normalized spacial score (nSPS) is 16.4. The maximum atomic E-state index is 14.1. The van der Waals surface area contributed by atoms with E-state index in [0.717, 1.165) is 35.9 Å². The first-order valence-corrected chi connectivity index (χ1v) is 11.9. The van der Waals surface area contributed by atoms with Gasteiger partial charge in [0.25, 0.3) is 0 Å². The van der Waals surface area contributed by atoms with Crippen molar-refractivity contribution < 1.29 is 9.13 Å². The molecule has 1 saturated heterocycles. The Bertz CT molecular complexity index is 1530. The summed E-state index contributed by atoms with van der Waals surface area (Å²) in [5.41, 5.74) is 4.41. The van der Waals surface area contributed by atoms with Crippen LogP contribution in [0.15, 0.2) is 42.9 Å². The van der Waals surface area contributed by atoms with E-state index in [-0.39, 0.29) is 5.82 Å². The summed E-state index contributed by atoms with van der Waals surface area (Å²) in [5.74, 6) is 1.15. The van der Waals surface area contributed by atoms with E-state index in [1.165, 1.54) is 18.9 Å². The highest BCUT2D eigenvalue weighted by Gasteiger charge is 2.25. The van der Waals surface area contributed by atoms with Crippen LogP contribution in [0.4, 0.5) is 15.9 Å². The van der Waals surface area contributed by atoms with Crippen LogP contribution in [0.1, 0.15) is 24.7 Å². The van der Waals surface area contributed by atoms with E-state index in [0.29, 0.717) is 48.3 Å². The van der Waals surface area contributed by atoms with Gasteiger partial charge in [0.1, 0.15) is 11.3 Å². The number of rotatable bonds is 6. The number of halogens is 1. The van der Waals surface area contributed by atoms with Gasteiger partial charge in [-0.3, -0.25) is 4.68 Å². The van der Waals surface area contributed by atoms with Crippen LogP contribution in [-0.4, -0.2) is 60.6 Å². The van der Waals surface area contributed by atoms with Crippen LogP contribution in [0.25, 0.3) is 27.9 Å². The van der Waals surface area contributed by atoms with Crippen molar-refractivity contribution in [1.82, 2.24) is 34.3 Å². The number of H-pyrrole nitrogens is 1. The van der Waals surface area contributed by atoms with Gasteiger partial charge in [-0.15, -0.1) is 5.10 Å². The Morgan fingerprint density at radius 2 is 2.06 bits per heavy atom. The third kappa shape index (κ3) is 3.68. The van der Waals surface area contributed by atoms with Crippen molar-refractivity contribution in [2.75, 3.05) is 36.5 Å². The molecule has 5 heterocycles. The number of morpholine rings is 1. The molecule has 0 unspecified atom stereocenters. The molecule has 1 aromatic carbocycles. The number of hydrogen-bond acceptors (Lipinski definition) is 7. The van der Waals surface area contributed by atoms with E-state index in [2.05, 4.69) is 36.5 Å². The third-order valence-electron chi connectivity index (χ3n) is 6.57. The number of hydrogen-bond donors (Lipinski definition) is 2. The smallest absolute Gasteiger partial charge is 0.177 e. The predicted octanol–water partition coefficient (Wildman–Crippen LogP) is 3.39. The summed E-state index contributed by atoms with van der Waals surface area (Å²) in [6.45, 7) is 3.25. The van der Waals surface area contributed by atoms with Crippen molar-refractivity contribution in [1.29, 1.82) is 0 Å². The van der Waals surface area contributed by atoms with Crippen molar-refractivity contribution in [3.63, 3.8) is 0 Å². The van der Waals surface area contributed by atoms with E-state index in [1.54, 1.807) is 6.07 Å². The topological polar surface area (TPSA) is 101 Å². The van der Waals surface area contributed by atoms with Gasteiger partial charge in [0.2, 0.25) is 0 Å². The molecule has 4 aromatic heterocycles. The van der Waals surface area contributed by atoms with E-state index >= 15 is 0 Å². The van der Waals surface area contributed by atoms with Crippen LogP contribution in [0.5, 0.6) is 0 Å². The van der Waals surface area contributed by atoms with E-state index in [4.69, 9.17) is 9.84 Å². The number of anilines is 2. The van der Waals surface area contributed by atoms with Gasteiger partial charge >= 0.3 is 0 Å². The molecule has 0 amide bonds. The van der Waals surface area contributed by atoms with Crippen molar-refractivity contribution in [2.45, 2.75) is 25.4 Å². The zero-order chi connectivity index (χ0) is 23.4. The zero-order valence-corrected chi connectivity index (χ0v) is 19.0. The van der Waals surface area contributed by atoms with Crippen molar-refractivity contribution >= 4 is 28.2 Å². The SMILES string of the molecule is Fc1cccc2[nH]c(CNc3cc(N4CCOCC4)nn4c(-c5cnn(C6CC6)c5)cnc34)nc12. The molecule has 0 bridgehead atoms. The molecule has 1 saturated carbocycles. The van der Waals surface area contributed by atoms with Crippen molar-refractivity contribution in [2.24, 2.45) is 0 Å². The number of benzene rings is 1. The monoisotopic (exact) mass is 473 g/mol. The quantitative estimate of drug-likeness (QED) is 0.390. The van der Waals surface area contributed by atoms with Gasteiger partial charge in [-0.1, -0.05) is 6.07 Å². The van der Waals surface area contributed by atoms with Crippen LogP contribution < -0.4 is 10.2 Å². The van der Waals surface area contributed by atoms with Gasteiger partial charge in [-0.2, -0.15) is 5.10 Å². The number of nitrogens with one attached hydrogen (secondary N) is 2. The zero-order valence-electron chi connectivity index (χ0n) is 19.0. The lowest BCUT2D eigenvalue weighted by Crippen LogP contribution is -2.37. The van der Waals surface area contributed by atoms with Gasteiger partial charge in [-0.25, -0.2) is 18.9 Å². The largest absolute Gasteiger partial charge is 0.378 e. The lowest BCUT2D eigenvalue weighted by atomic mass is 10.3. The Labute approximate surface area is 199 Å². The molecule has 7 rings (SSSR count). The molecule has 2 aliphatic rings. The van der Waals surface area contributed by atoms with Crippen LogP contribution in [0, 0.1) is 5.82 Å². The molecular weight excluding hydrogens is 449 g/mol. The van der Waals surface area contributed by atoms with E-state index in [9.17, 15) is 4.39 Å². The molecule has 2 fully saturated rings. The summed E-state index contributed by atoms with van der Waals surface area (Å²) in [6, 6.07) is 7.42. The van der Waals surface area contributed by atoms with E-state index in [1.807, 2.05) is 33.7 Å². The fraction of sp³-hybridized carbons (Fsp3) is 0.333. The molecular formula is C24H24FN9O. The van der Waals surface area contributed by atoms with Crippen LogP contribution >= 0.6 is 0 Å². The maximum Gasteiger partial charge on any atom is 0.177 e. The molecule has 2 N–H and O–H groups in total. The Morgan fingerprint density at radius 3 is 2.89 bits per heavy atom. The summed E-state index contributed by atoms with van der Waals surface area (Å²) in [6.07, 6.45) is 8.13. The highest BCUT2D eigenvalue weighted by Crippen LogP contribution is 2.35. The predicted molar refractivity (Wildman–Crippen MR) is 129 cm³/mol. The Kier molecular flexibility index (Phi) is 4.69. The van der Waals surface area contributed by atoms with Gasteiger partial charge in [0, 0.05) is 30.9 Å². The summed E-state index contributed by atoms with van der Waals surface area (Å²) < 4.78 is 23.5. The van der Waals surface area contributed by atoms with E-state index < -0.39 is 0 Å². The highest BCUT2D eigenvalue weighted by molar-refractivity contribution is 5.77. The Balaban J connectivity index is 1.27. The summed E-state index contributed by atoms with van der Waals surface area (Å²) >= 11 is 0. The molecule has 11 heteroatoms. The number of ether oxygens (including phenoxy) is 1. The van der Waals surface area contributed by atoms with Crippen LogP contribution in [-0.2, 0) is 11.3 Å². The number of para-hydroxylation sites is 1. The number of aromatic nitrogens is 7. The second-order valence-electron chi connectivity index (χ2n) is 9.01. The third-order valence-corrected chi connectivity index (χ3v) is 6.57. The first kappa shape index (κ1) is 20.4. The fourth-order valence-electron chi connectivity index (χ4n) is 4.55. The Morgan fingerprint density at radius 1 is 1.17 bits per heavy atom. The summed E-state index contributed by atoms with van der Waals surface area (Å²) in [7, 11) is 0. The number of fused-ring (bicyclic) bond motifs is 2. The second kappa shape index (κ2) is 8.05. The molecule has 1 aliphatic carbocycles. The minimum absolute atomic E-state index is 0.337. The summed E-state index contributed by atoms with van der Waals surface area (Å²) in [4.78, 5) is 14.5. The van der Waals surface area contributed by atoms with Gasteiger partial charge in [0.15, 0.2) is 17.3 Å². The number of imidazole rings is 2. The summed E-state index contributed by atoms with van der Waals surface area (Å²) in [5, 5.41) is 12.9. The average molecular weight is 474 g/mol.